The molecule has 0 unspecified atom stereocenters. The van der Waals surface area contributed by atoms with E-state index in [1.165, 1.54) is 3.11 Å². The van der Waals surface area contributed by atoms with Gasteiger partial charge >= 0.3 is 11.7 Å². The van der Waals surface area contributed by atoms with Crippen LogP contribution < -0.4 is 11.5 Å². The van der Waals surface area contributed by atoms with E-state index in [9.17, 15) is 9.59 Å². The molecule has 0 aliphatic carbocycles. The van der Waals surface area contributed by atoms with Crippen molar-refractivity contribution in [1.82, 2.24) is 17.6 Å². The molecule has 18 heavy (non-hydrogen) atoms. The minimum absolute atomic E-state index is 0.0333. The van der Waals surface area contributed by atoms with Gasteiger partial charge in [0.05, 0.1) is 22.9 Å². The third kappa shape index (κ3) is 2.68. The van der Waals surface area contributed by atoms with Crippen molar-refractivity contribution < 1.29 is 4.79 Å². The third-order valence-corrected chi connectivity index (χ3v) is 4.15. The zero-order valence-electron chi connectivity index (χ0n) is 11.1. The average Bonchev–Trinajstić information content (AvgIpc) is 2.53. The van der Waals surface area contributed by atoms with Crippen molar-refractivity contribution in [2.75, 3.05) is 5.84 Å². The Morgan fingerprint density at radius 1 is 1.44 bits per heavy atom. The maximum Gasteiger partial charge on any atom is 0.373 e. The Hall–Kier alpha value is -1.06. The van der Waals surface area contributed by atoms with Gasteiger partial charge < -0.3 is 5.84 Å². The highest BCUT2D eigenvalue weighted by atomic mass is 127. The van der Waals surface area contributed by atoms with Gasteiger partial charge in [-0.25, -0.2) is 9.59 Å². The summed E-state index contributed by atoms with van der Waals surface area (Å²) < 4.78 is 3.13. The Labute approximate surface area is 119 Å². The highest BCUT2D eigenvalue weighted by Gasteiger charge is 2.29. The molecule has 1 rings (SSSR count). The maximum atomic E-state index is 12.2. The summed E-state index contributed by atoms with van der Waals surface area (Å²) >= 11 is 1.87. The average molecular weight is 367 g/mol. The number of carbonyl (C=O) groups is 1. The fourth-order valence-electron chi connectivity index (χ4n) is 1.28. The van der Waals surface area contributed by atoms with E-state index in [1.807, 2.05) is 57.5 Å². The minimum Gasteiger partial charge on any atom is -0.333 e. The number of nitrogens with two attached hydrogens (primary N) is 1. The van der Waals surface area contributed by atoms with Gasteiger partial charge in [-0.1, -0.05) is 13.8 Å². The first kappa shape index (κ1) is 15.0. The number of aromatic nitrogens is 3. The van der Waals surface area contributed by atoms with Gasteiger partial charge in [0.25, 0.3) is 0 Å². The van der Waals surface area contributed by atoms with Crippen molar-refractivity contribution in [3.05, 3.63) is 16.3 Å². The van der Waals surface area contributed by atoms with Gasteiger partial charge in [0, 0.05) is 11.5 Å². The van der Waals surface area contributed by atoms with E-state index in [2.05, 4.69) is 5.10 Å². The number of amides is 1. The maximum absolute atomic E-state index is 12.2. The van der Waals surface area contributed by atoms with Gasteiger partial charge in [-0.15, -0.1) is 9.78 Å². The number of hydrogen-bond acceptors (Lipinski definition) is 4. The predicted molar refractivity (Wildman–Crippen MR) is 77.1 cm³/mol. The highest BCUT2D eigenvalue weighted by molar-refractivity contribution is 14.1. The first-order chi connectivity index (χ1) is 8.07. The molecule has 0 bridgehead atoms. The van der Waals surface area contributed by atoms with Crippen molar-refractivity contribution >= 4 is 28.9 Å². The summed E-state index contributed by atoms with van der Waals surface area (Å²) in [5.41, 5.74) is -1.04. The number of halogens is 1. The summed E-state index contributed by atoms with van der Waals surface area (Å²) in [7, 11) is 0. The second-order valence-corrected chi connectivity index (χ2v) is 6.28. The first-order valence-corrected chi connectivity index (χ1v) is 6.51. The Kier molecular flexibility index (Phi) is 4.08. The molecule has 1 aromatic heterocycles. The normalized spacial score (nSPS) is 11.9. The Morgan fingerprint density at radius 3 is 2.28 bits per heavy atom. The largest absolute Gasteiger partial charge is 0.373 e. The quantitative estimate of drug-likeness (QED) is 0.461. The van der Waals surface area contributed by atoms with Crippen LogP contribution in [0.4, 0.5) is 4.79 Å². The summed E-state index contributed by atoms with van der Waals surface area (Å²) in [4.78, 5) is 24.0. The van der Waals surface area contributed by atoms with Crippen molar-refractivity contribution in [2.45, 2.75) is 46.1 Å². The second-order valence-electron chi connectivity index (χ2n) is 5.31. The number of rotatable bonds is 1. The molecule has 102 valence electrons. The summed E-state index contributed by atoms with van der Waals surface area (Å²) in [5, 5.41) is 3.99. The van der Waals surface area contributed by atoms with Crippen molar-refractivity contribution in [3.63, 3.8) is 0 Å². The Bertz CT molecular complexity index is 511. The van der Waals surface area contributed by atoms with Crippen LogP contribution in [0.2, 0.25) is 0 Å². The SMILES string of the molecule is CC(C)c1nn(C(=O)N(I)C(C)(C)C)c(=O)n1N. The molecule has 0 aliphatic rings. The molecule has 0 spiro atoms. The first-order valence-electron chi connectivity index (χ1n) is 5.54. The topological polar surface area (TPSA) is 86.2 Å². The van der Waals surface area contributed by atoms with Crippen LogP contribution in [0.25, 0.3) is 0 Å². The molecule has 1 amide bonds. The number of nitrogens with zero attached hydrogens (tertiary/aromatic N) is 4. The van der Waals surface area contributed by atoms with Crippen LogP contribution in [-0.2, 0) is 0 Å². The van der Waals surface area contributed by atoms with Crippen molar-refractivity contribution in [3.8, 4) is 0 Å². The predicted octanol–water partition coefficient (Wildman–Crippen LogP) is 1.30. The van der Waals surface area contributed by atoms with Gasteiger partial charge in [0.1, 0.15) is 0 Å². The number of nitrogen functional groups attached to an aromatic ring is 1. The third-order valence-electron chi connectivity index (χ3n) is 2.29. The molecule has 0 saturated carbocycles. The Balaban J connectivity index is 3.24. The zero-order chi connectivity index (χ0) is 14.2. The fourth-order valence-corrected chi connectivity index (χ4v) is 1.49. The molecule has 7 nitrogen and oxygen atoms in total. The lowest BCUT2D eigenvalue weighted by Crippen LogP contribution is -2.45. The molecule has 0 radical (unpaired) electrons. The van der Waals surface area contributed by atoms with E-state index >= 15 is 0 Å². The van der Waals surface area contributed by atoms with Crippen LogP contribution in [0.3, 0.4) is 0 Å². The summed E-state index contributed by atoms with van der Waals surface area (Å²) in [5.74, 6) is 5.95. The fraction of sp³-hybridized carbons (Fsp3) is 0.700. The molecular weight excluding hydrogens is 349 g/mol. The van der Waals surface area contributed by atoms with Gasteiger partial charge in [-0.05, 0) is 20.8 Å². The smallest absolute Gasteiger partial charge is 0.333 e. The lowest BCUT2D eigenvalue weighted by atomic mass is 10.1. The standard InChI is InChI=1S/C10H18IN5O2/c1-6(2)7-13-15(8(17)14(7)12)9(18)16(11)10(3,4)5/h6H,12H2,1-5H3. The Morgan fingerprint density at radius 2 is 1.94 bits per heavy atom. The van der Waals surface area contributed by atoms with Gasteiger partial charge in [-0.3, -0.25) is 3.11 Å². The van der Waals surface area contributed by atoms with Crippen LogP contribution in [0.5, 0.6) is 0 Å². The molecule has 8 heteroatoms. The molecule has 0 atom stereocenters. The van der Waals surface area contributed by atoms with Gasteiger partial charge in [0.15, 0.2) is 5.82 Å². The van der Waals surface area contributed by atoms with E-state index in [0.29, 0.717) is 5.82 Å². The minimum atomic E-state index is -0.630. The molecule has 0 aromatic carbocycles. The monoisotopic (exact) mass is 367 g/mol. The van der Waals surface area contributed by atoms with E-state index in [-0.39, 0.29) is 5.92 Å². The molecule has 1 aromatic rings. The molecule has 0 saturated heterocycles. The molecular formula is C10H18IN5O2. The molecule has 2 N–H and O–H groups in total. The van der Waals surface area contributed by atoms with Gasteiger partial charge in [-0.2, -0.15) is 4.68 Å². The zero-order valence-corrected chi connectivity index (χ0v) is 13.3. The molecule has 0 fully saturated rings. The summed E-state index contributed by atoms with van der Waals surface area (Å²) in [6.07, 6.45) is 0. The van der Waals surface area contributed by atoms with Crippen LogP contribution >= 0.6 is 22.9 Å². The summed E-state index contributed by atoms with van der Waals surface area (Å²) in [6.45, 7) is 9.30. The van der Waals surface area contributed by atoms with Crippen LogP contribution in [0.15, 0.2) is 4.79 Å². The summed E-state index contributed by atoms with van der Waals surface area (Å²) in [6, 6.07) is -0.501. The number of carbonyl (C=O) groups excluding carboxylic acids is 1. The lowest BCUT2D eigenvalue weighted by Gasteiger charge is -2.28. The van der Waals surface area contributed by atoms with Crippen molar-refractivity contribution in [2.24, 2.45) is 0 Å². The van der Waals surface area contributed by atoms with Crippen LogP contribution in [0.1, 0.15) is 46.4 Å². The van der Waals surface area contributed by atoms with Crippen LogP contribution in [0, 0.1) is 0 Å². The van der Waals surface area contributed by atoms with E-state index in [0.717, 1.165) is 9.36 Å². The number of hydrogen-bond donors (Lipinski definition) is 1. The highest BCUT2D eigenvalue weighted by Crippen LogP contribution is 2.19. The van der Waals surface area contributed by atoms with E-state index in [4.69, 9.17) is 5.84 Å². The molecule has 0 aliphatic heterocycles. The van der Waals surface area contributed by atoms with Crippen molar-refractivity contribution in [1.29, 1.82) is 0 Å². The van der Waals surface area contributed by atoms with E-state index < -0.39 is 17.3 Å². The molecule has 1 heterocycles. The lowest BCUT2D eigenvalue weighted by molar-refractivity contribution is 0.206. The van der Waals surface area contributed by atoms with Gasteiger partial charge in [0.2, 0.25) is 0 Å². The second kappa shape index (κ2) is 4.90. The van der Waals surface area contributed by atoms with E-state index in [1.54, 1.807) is 0 Å². The van der Waals surface area contributed by atoms with Crippen LogP contribution in [-0.4, -0.2) is 29.1 Å².